The minimum absolute atomic E-state index is 0.0356. The van der Waals surface area contributed by atoms with Crippen molar-refractivity contribution in [3.05, 3.63) is 70.9 Å². The second kappa shape index (κ2) is 14.0. The molecule has 45 heavy (non-hydrogen) atoms. The fourth-order valence-corrected chi connectivity index (χ4v) is 6.79. The molecular weight excluding hydrogens is 620 g/mol. The molecule has 1 amide bonds. The highest BCUT2D eigenvalue weighted by Crippen LogP contribution is 2.37. The van der Waals surface area contributed by atoms with Gasteiger partial charge in [-0.2, -0.15) is 38.1 Å². The van der Waals surface area contributed by atoms with E-state index in [1.807, 2.05) is 49.1 Å². The smallest absolute Gasteiger partial charge is 0.394 e. The van der Waals surface area contributed by atoms with Crippen molar-refractivity contribution in [3.63, 3.8) is 0 Å². The number of piperazine rings is 1. The average Bonchev–Trinajstić information content (AvgIpc) is 3.41. The summed E-state index contributed by atoms with van der Waals surface area (Å²) < 4.78 is 81.4. The average molecular weight is 656 g/mol. The van der Waals surface area contributed by atoms with Crippen LogP contribution in [-0.2, 0) is 23.6 Å². The number of benzene rings is 2. The number of para-hydroxylation sites is 1. The van der Waals surface area contributed by atoms with Gasteiger partial charge in [-0.1, -0.05) is 23.4 Å². The van der Waals surface area contributed by atoms with Crippen molar-refractivity contribution in [2.75, 3.05) is 63.9 Å². The Morgan fingerprint density at radius 3 is 2.36 bits per heavy atom. The largest absolute Gasteiger partial charge is 0.416 e. The quantitative estimate of drug-likeness (QED) is 0.132. The van der Waals surface area contributed by atoms with E-state index in [4.69, 9.17) is 4.84 Å². The van der Waals surface area contributed by atoms with Gasteiger partial charge in [0, 0.05) is 86.0 Å². The third-order valence-corrected chi connectivity index (χ3v) is 9.01. The van der Waals surface area contributed by atoms with Crippen LogP contribution in [-0.4, -0.2) is 101 Å². The first-order valence-electron chi connectivity index (χ1n) is 14.7. The number of hydrogen-bond acceptors (Lipinski definition) is 6. The van der Waals surface area contributed by atoms with Crippen molar-refractivity contribution in [3.8, 4) is 0 Å². The number of halogens is 6. The minimum Gasteiger partial charge on any atom is -0.394 e. The van der Waals surface area contributed by atoms with Gasteiger partial charge in [0.05, 0.1) is 16.8 Å². The summed E-state index contributed by atoms with van der Waals surface area (Å²) in [7, 11) is 0. The Kier molecular flexibility index (Phi) is 10.3. The maximum atomic E-state index is 13.7. The van der Waals surface area contributed by atoms with E-state index in [0.717, 1.165) is 53.3 Å². The topological polar surface area (TPSA) is 64.2 Å². The van der Waals surface area contributed by atoms with E-state index in [1.54, 1.807) is 0 Å². The van der Waals surface area contributed by atoms with Crippen molar-refractivity contribution in [1.29, 1.82) is 0 Å². The van der Waals surface area contributed by atoms with Crippen LogP contribution < -0.4 is 0 Å². The van der Waals surface area contributed by atoms with Crippen LogP contribution in [0.4, 0.5) is 26.3 Å². The maximum Gasteiger partial charge on any atom is 0.416 e. The SMILES string of the molecule is C/C(CN1CCN(C(=O)c2cc(C(F)(F)F)cc(C(F)(F)F)c2)[C@H](Cc2c[nH]c3ccccc23)C1)=N/OCCN1CCSCC1. The Bertz CT molecular complexity index is 1470. The van der Waals surface area contributed by atoms with Crippen LogP contribution in [0, 0.1) is 0 Å². The van der Waals surface area contributed by atoms with Crippen molar-refractivity contribution in [2.24, 2.45) is 5.16 Å². The van der Waals surface area contributed by atoms with E-state index in [0.29, 0.717) is 44.8 Å². The zero-order valence-electron chi connectivity index (χ0n) is 24.8. The van der Waals surface area contributed by atoms with Gasteiger partial charge in [0.15, 0.2) is 0 Å². The fraction of sp³-hybridized carbons (Fsp3) is 0.484. The molecule has 2 aliphatic rings. The van der Waals surface area contributed by atoms with Gasteiger partial charge in [-0.15, -0.1) is 0 Å². The molecule has 0 aliphatic carbocycles. The summed E-state index contributed by atoms with van der Waals surface area (Å²) in [5.74, 6) is 1.34. The summed E-state index contributed by atoms with van der Waals surface area (Å²) >= 11 is 1.94. The molecule has 2 aliphatic heterocycles. The summed E-state index contributed by atoms with van der Waals surface area (Å²) in [6, 6.07) is 8.10. The molecule has 0 saturated carbocycles. The lowest BCUT2D eigenvalue weighted by atomic mass is 9.98. The number of rotatable bonds is 9. The van der Waals surface area contributed by atoms with Crippen LogP contribution >= 0.6 is 11.8 Å². The molecule has 244 valence electrons. The number of fused-ring (bicyclic) bond motifs is 1. The lowest BCUT2D eigenvalue weighted by molar-refractivity contribution is -0.143. The van der Waals surface area contributed by atoms with Crippen LogP contribution in [0.3, 0.4) is 0 Å². The number of amides is 1. The molecule has 3 heterocycles. The first kappa shape index (κ1) is 33.1. The van der Waals surface area contributed by atoms with Gasteiger partial charge in [-0.05, 0) is 43.2 Å². The number of aromatic amines is 1. The van der Waals surface area contributed by atoms with Crippen LogP contribution in [0.15, 0.2) is 53.8 Å². The molecule has 5 rings (SSSR count). The van der Waals surface area contributed by atoms with Crippen molar-refractivity contribution >= 4 is 34.3 Å². The third-order valence-electron chi connectivity index (χ3n) is 8.07. The lowest BCUT2D eigenvalue weighted by Gasteiger charge is -2.41. The molecule has 14 heteroatoms. The number of hydrogen-bond donors (Lipinski definition) is 1. The van der Waals surface area contributed by atoms with Gasteiger partial charge >= 0.3 is 12.4 Å². The molecule has 0 bridgehead atoms. The van der Waals surface area contributed by atoms with Gasteiger partial charge in [0.25, 0.3) is 5.91 Å². The molecule has 1 aromatic heterocycles. The monoisotopic (exact) mass is 655 g/mol. The fourth-order valence-electron chi connectivity index (χ4n) is 5.81. The van der Waals surface area contributed by atoms with Crippen molar-refractivity contribution in [1.82, 2.24) is 19.7 Å². The van der Waals surface area contributed by atoms with Crippen molar-refractivity contribution < 1.29 is 36.0 Å². The zero-order chi connectivity index (χ0) is 32.2. The van der Waals surface area contributed by atoms with Crippen LogP contribution in [0.5, 0.6) is 0 Å². The van der Waals surface area contributed by atoms with Crippen LogP contribution in [0.1, 0.15) is 34.0 Å². The van der Waals surface area contributed by atoms with Gasteiger partial charge in [-0.25, -0.2) is 0 Å². The second-order valence-corrected chi connectivity index (χ2v) is 12.6. The molecule has 2 fully saturated rings. The number of alkyl halides is 6. The highest BCUT2D eigenvalue weighted by molar-refractivity contribution is 7.99. The lowest BCUT2D eigenvalue weighted by Crippen LogP contribution is -2.56. The predicted octanol–water partition coefficient (Wildman–Crippen LogP) is 6.02. The molecule has 1 N–H and O–H groups in total. The number of aromatic nitrogens is 1. The zero-order valence-corrected chi connectivity index (χ0v) is 25.6. The molecular formula is C31H35F6N5O2S. The molecule has 2 aromatic carbocycles. The Balaban J connectivity index is 1.34. The van der Waals surface area contributed by atoms with E-state index < -0.39 is 41.0 Å². The van der Waals surface area contributed by atoms with Gasteiger partial charge in [-0.3, -0.25) is 14.6 Å². The van der Waals surface area contributed by atoms with Gasteiger partial charge in [0.2, 0.25) is 0 Å². The number of H-pyrrole nitrogens is 1. The number of thioether (sulfide) groups is 1. The Labute approximate surface area is 261 Å². The highest BCUT2D eigenvalue weighted by Gasteiger charge is 2.39. The molecule has 0 radical (unpaired) electrons. The molecule has 2 saturated heterocycles. The van der Waals surface area contributed by atoms with Gasteiger partial charge in [0.1, 0.15) is 6.61 Å². The normalized spacial score (nSPS) is 19.3. The second-order valence-electron chi connectivity index (χ2n) is 11.4. The number of carbonyl (C=O) groups excluding carboxylic acids is 1. The summed E-state index contributed by atoms with van der Waals surface area (Å²) in [5.41, 5.74) is -1.18. The Morgan fingerprint density at radius 2 is 1.67 bits per heavy atom. The summed E-state index contributed by atoms with van der Waals surface area (Å²) in [4.78, 5) is 28.3. The maximum absolute atomic E-state index is 13.7. The molecule has 7 nitrogen and oxygen atoms in total. The Hall–Kier alpha value is -3.23. The molecule has 1 atom stereocenters. The minimum atomic E-state index is -5.05. The predicted molar refractivity (Wildman–Crippen MR) is 163 cm³/mol. The standard InChI is InChI=1S/C31H35F6N5O2S/c1-21(39-44-11-8-40-9-12-45-13-10-40)19-41-6-7-42(26(20-41)16-23-18-38-28-5-3-2-4-27(23)28)29(43)22-14-24(30(32,33)34)17-25(15-22)31(35,36)37/h2-5,14-15,17-18,26,38H,6-13,16,19-20H2,1H3/b39-21-/t26-/m1/s1. The summed E-state index contributed by atoms with van der Waals surface area (Å²) in [6.07, 6.45) is -7.94. The highest BCUT2D eigenvalue weighted by atomic mass is 32.2. The molecule has 3 aromatic rings. The van der Waals surface area contributed by atoms with Gasteiger partial charge < -0.3 is 14.7 Å². The molecule has 0 spiro atoms. The summed E-state index contributed by atoms with van der Waals surface area (Å²) in [5, 5.41) is 5.19. The van der Waals surface area contributed by atoms with E-state index in [2.05, 4.69) is 19.9 Å². The number of nitrogens with one attached hydrogen (secondary N) is 1. The van der Waals surface area contributed by atoms with Crippen molar-refractivity contribution in [2.45, 2.75) is 31.7 Å². The Morgan fingerprint density at radius 1 is 0.978 bits per heavy atom. The van der Waals surface area contributed by atoms with Crippen LogP contribution in [0.25, 0.3) is 10.9 Å². The molecule has 0 unspecified atom stereocenters. The summed E-state index contributed by atoms with van der Waals surface area (Å²) in [6.45, 7) is 6.39. The number of oxime groups is 1. The van der Waals surface area contributed by atoms with E-state index in [-0.39, 0.29) is 12.6 Å². The van der Waals surface area contributed by atoms with Crippen LogP contribution in [0.2, 0.25) is 0 Å². The van der Waals surface area contributed by atoms with E-state index >= 15 is 0 Å². The number of carbonyl (C=O) groups is 1. The third kappa shape index (κ3) is 8.53. The van der Waals surface area contributed by atoms with E-state index in [1.165, 1.54) is 4.90 Å². The first-order valence-corrected chi connectivity index (χ1v) is 15.9. The number of nitrogens with zero attached hydrogens (tertiary/aromatic N) is 4. The van der Waals surface area contributed by atoms with E-state index in [9.17, 15) is 31.1 Å². The first-order chi connectivity index (χ1) is 21.4.